The highest BCUT2D eigenvalue weighted by Gasteiger charge is 2.21. The van der Waals surface area contributed by atoms with Crippen molar-refractivity contribution in [1.29, 1.82) is 0 Å². The van der Waals surface area contributed by atoms with Crippen LogP contribution in [0.1, 0.15) is 12.8 Å². The Balaban J connectivity index is 1.78. The maximum absolute atomic E-state index is 13.0. The highest BCUT2D eigenvalue weighted by molar-refractivity contribution is 5.77. The molecule has 1 aliphatic heterocycles. The monoisotopic (exact) mass is 280 g/mol. The van der Waals surface area contributed by atoms with Crippen molar-refractivity contribution in [2.75, 3.05) is 39.0 Å². The smallest absolute Gasteiger partial charge is 0.236 e. The number of piperidine rings is 1. The van der Waals surface area contributed by atoms with E-state index in [-0.39, 0.29) is 11.9 Å². The molecule has 6 heteroatoms. The zero-order valence-electron chi connectivity index (χ0n) is 12.0. The molecule has 0 unspecified atom stereocenters. The Morgan fingerprint density at radius 1 is 1.45 bits per heavy atom. The summed E-state index contributed by atoms with van der Waals surface area (Å²) < 4.78 is 13.0. The molecule has 110 valence electrons. The SMILES string of the molecule is CN(C)C(=O)CN1CCC(Nc2cccc(F)n2)CC1. The Morgan fingerprint density at radius 3 is 2.75 bits per heavy atom. The summed E-state index contributed by atoms with van der Waals surface area (Å²) >= 11 is 0. The van der Waals surface area contributed by atoms with E-state index in [2.05, 4.69) is 15.2 Å². The molecule has 0 aliphatic carbocycles. The molecular weight excluding hydrogens is 259 g/mol. The number of hydrogen-bond donors (Lipinski definition) is 1. The lowest BCUT2D eigenvalue weighted by Crippen LogP contribution is -2.44. The molecule has 0 aromatic carbocycles. The summed E-state index contributed by atoms with van der Waals surface area (Å²) in [5, 5.41) is 3.25. The van der Waals surface area contributed by atoms with E-state index in [0.717, 1.165) is 25.9 Å². The predicted octanol–water partition coefficient (Wildman–Crippen LogP) is 1.19. The summed E-state index contributed by atoms with van der Waals surface area (Å²) in [4.78, 5) is 19.2. The van der Waals surface area contributed by atoms with Crippen molar-refractivity contribution in [3.63, 3.8) is 0 Å². The number of likely N-dealkylation sites (tertiary alicyclic amines) is 1. The number of amides is 1. The number of likely N-dealkylation sites (N-methyl/N-ethyl adjacent to an activating group) is 1. The van der Waals surface area contributed by atoms with Crippen LogP contribution < -0.4 is 5.32 Å². The number of anilines is 1. The summed E-state index contributed by atoms with van der Waals surface area (Å²) in [5.74, 6) is 0.236. The van der Waals surface area contributed by atoms with E-state index in [4.69, 9.17) is 0 Å². The Kier molecular flexibility index (Phi) is 4.89. The molecule has 1 amide bonds. The van der Waals surface area contributed by atoms with Crippen molar-refractivity contribution in [2.24, 2.45) is 0 Å². The van der Waals surface area contributed by atoms with Crippen molar-refractivity contribution >= 4 is 11.7 Å². The summed E-state index contributed by atoms with van der Waals surface area (Å²) in [6.45, 7) is 2.21. The molecule has 2 heterocycles. The summed E-state index contributed by atoms with van der Waals surface area (Å²) in [7, 11) is 3.54. The van der Waals surface area contributed by atoms with Gasteiger partial charge in [-0.3, -0.25) is 9.69 Å². The van der Waals surface area contributed by atoms with Gasteiger partial charge in [-0.2, -0.15) is 4.39 Å². The van der Waals surface area contributed by atoms with Crippen molar-refractivity contribution in [3.8, 4) is 0 Å². The third kappa shape index (κ3) is 4.16. The topological polar surface area (TPSA) is 48.5 Å². The zero-order chi connectivity index (χ0) is 14.5. The van der Waals surface area contributed by atoms with Crippen molar-refractivity contribution in [2.45, 2.75) is 18.9 Å². The van der Waals surface area contributed by atoms with Crippen LogP contribution in [-0.2, 0) is 4.79 Å². The third-order valence-electron chi connectivity index (χ3n) is 3.51. The van der Waals surface area contributed by atoms with Crippen LogP contribution in [-0.4, -0.2) is 60.5 Å². The molecule has 0 atom stereocenters. The fraction of sp³-hybridized carbons (Fsp3) is 0.571. The zero-order valence-corrected chi connectivity index (χ0v) is 12.0. The van der Waals surface area contributed by atoms with Gasteiger partial charge in [-0.05, 0) is 25.0 Å². The molecule has 0 saturated carbocycles. The van der Waals surface area contributed by atoms with E-state index < -0.39 is 5.95 Å². The average molecular weight is 280 g/mol. The third-order valence-corrected chi connectivity index (χ3v) is 3.51. The summed E-state index contributed by atoms with van der Waals surface area (Å²) in [6.07, 6.45) is 1.86. The summed E-state index contributed by atoms with van der Waals surface area (Å²) in [5.41, 5.74) is 0. The molecule has 1 aliphatic rings. The molecule has 0 radical (unpaired) electrons. The minimum Gasteiger partial charge on any atom is -0.367 e. The van der Waals surface area contributed by atoms with Gasteiger partial charge in [0, 0.05) is 33.2 Å². The first kappa shape index (κ1) is 14.7. The second-order valence-corrected chi connectivity index (χ2v) is 5.33. The number of carbonyl (C=O) groups excluding carboxylic acids is 1. The number of hydrogen-bond acceptors (Lipinski definition) is 4. The predicted molar refractivity (Wildman–Crippen MR) is 76.0 cm³/mol. The molecule has 20 heavy (non-hydrogen) atoms. The first-order valence-corrected chi connectivity index (χ1v) is 6.86. The number of aromatic nitrogens is 1. The summed E-state index contributed by atoms with van der Waals surface area (Å²) in [6, 6.07) is 5.04. The van der Waals surface area contributed by atoms with Crippen LogP contribution in [0.15, 0.2) is 18.2 Å². The van der Waals surface area contributed by atoms with E-state index in [0.29, 0.717) is 12.4 Å². The van der Waals surface area contributed by atoms with Crippen LogP contribution in [0.2, 0.25) is 0 Å². The Labute approximate surface area is 118 Å². The van der Waals surface area contributed by atoms with Gasteiger partial charge in [-0.1, -0.05) is 6.07 Å². The van der Waals surface area contributed by atoms with Crippen LogP contribution in [0.25, 0.3) is 0 Å². The lowest BCUT2D eigenvalue weighted by atomic mass is 10.1. The van der Waals surface area contributed by atoms with Crippen LogP contribution in [0.3, 0.4) is 0 Å². The van der Waals surface area contributed by atoms with Crippen LogP contribution in [0.4, 0.5) is 10.2 Å². The van der Waals surface area contributed by atoms with E-state index in [1.807, 2.05) is 0 Å². The molecule has 1 N–H and O–H groups in total. The molecule has 1 fully saturated rings. The second kappa shape index (κ2) is 6.65. The van der Waals surface area contributed by atoms with E-state index >= 15 is 0 Å². The molecule has 1 aromatic heterocycles. The lowest BCUT2D eigenvalue weighted by molar-refractivity contribution is -0.130. The minimum atomic E-state index is -0.469. The largest absolute Gasteiger partial charge is 0.367 e. The Morgan fingerprint density at radius 2 is 2.15 bits per heavy atom. The molecule has 1 aromatic rings. The van der Waals surface area contributed by atoms with Crippen molar-refractivity contribution in [1.82, 2.24) is 14.8 Å². The van der Waals surface area contributed by atoms with Gasteiger partial charge in [-0.15, -0.1) is 0 Å². The number of rotatable bonds is 4. The molecule has 1 saturated heterocycles. The van der Waals surface area contributed by atoms with E-state index in [1.54, 1.807) is 31.1 Å². The number of carbonyl (C=O) groups is 1. The van der Waals surface area contributed by atoms with Crippen LogP contribution >= 0.6 is 0 Å². The van der Waals surface area contributed by atoms with Crippen LogP contribution in [0.5, 0.6) is 0 Å². The van der Waals surface area contributed by atoms with Crippen molar-refractivity contribution in [3.05, 3.63) is 24.1 Å². The maximum Gasteiger partial charge on any atom is 0.236 e. The molecular formula is C14H21FN4O. The van der Waals surface area contributed by atoms with Gasteiger partial charge in [0.2, 0.25) is 11.9 Å². The number of nitrogens with one attached hydrogen (secondary N) is 1. The number of halogens is 1. The molecule has 2 rings (SSSR count). The average Bonchev–Trinajstić information content (AvgIpc) is 2.41. The fourth-order valence-electron chi connectivity index (χ4n) is 2.27. The maximum atomic E-state index is 13.0. The van der Waals surface area contributed by atoms with E-state index in [1.165, 1.54) is 6.07 Å². The van der Waals surface area contributed by atoms with Gasteiger partial charge in [0.25, 0.3) is 0 Å². The fourth-order valence-corrected chi connectivity index (χ4v) is 2.27. The lowest BCUT2D eigenvalue weighted by Gasteiger charge is -2.32. The van der Waals surface area contributed by atoms with Gasteiger partial charge in [0.05, 0.1) is 6.54 Å². The highest BCUT2D eigenvalue weighted by Crippen LogP contribution is 2.15. The normalized spacial score (nSPS) is 16.9. The number of pyridine rings is 1. The molecule has 5 nitrogen and oxygen atoms in total. The van der Waals surface area contributed by atoms with Gasteiger partial charge in [0.1, 0.15) is 5.82 Å². The Bertz CT molecular complexity index is 458. The van der Waals surface area contributed by atoms with Gasteiger partial charge >= 0.3 is 0 Å². The van der Waals surface area contributed by atoms with Gasteiger partial charge < -0.3 is 10.2 Å². The first-order valence-electron chi connectivity index (χ1n) is 6.86. The number of nitrogens with zero attached hydrogens (tertiary/aromatic N) is 3. The first-order chi connectivity index (χ1) is 9.54. The van der Waals surface area contributed by atoms with Gasteiger partial charge in [0.15, 0.2) is 0 Å². The van der Waals surface area contributed by atoms with E-state index in [9.17, 15) is 9.18 Å². The second-order valence-electron chi connectivity index (χ2n) is 5.33. The van der Waals surface area contributed by atoms with Crippen molar-refractivity contribution < 1.29 is 9.18 Å². The Hall–Kier alpha value is -1.69. The van der Waals surface area contributed by atoms with Crippen LogP contribution in [0, 0.1) is 5.95 Å². The molecule has 0 spiro atoms. The highest BCUT2D eigenvalue weighted by atomic mass is 19.1. The quantitative estimate of drug-likeness (QED) is 0.842. The van der Waals surface area contributed by atoms with Gasteiger partial charge in [-0.25, -0.2) is 4.98 Å². The standard InChI is InChI=1S/C14H21FN4O/c1-18(2)14(20)10-19-8-6-11(7-9-19)16-13-5-3-4-12(15)17-13/h3-5,11H,6-10H2,1-2H3,(H,16,17). The minimum absolute atomic E-state index is 0.128. The molecule has 0 bridgehead atoms.